The number of nitrogens with zero attached hydrogens (tertiary/aromatic N) is 1. The van der Waals surface area contributed by atoms with Crippen molar-refractivity contribution < 1.29 is 9.13 Å². The fraction of sp³-hybridized carbons (Fsp3) is 0.500. The highest BCUT2D eigenvalue weighted by molar-refractivity contribution is 7.98. The van der Waals surface area contributed by atoms with Crippen molar-refractivity contribution in [3.63, 3.8) is 0 Å². The van der Waals surface area contributed by atoms with E-state index < -0.39 is 5.82 Å². The monoisotopic (exact) mass is 258 g/mol. The van der Waals surface area contributed by atoms with E-state index in [2.05, 4.69) is 0 Å². The lowest BCUT2D eigenvalue weighted by Crippen LogP contribution is -2.21. The summed E-state index contributed by atoms with van der Waals surface area (Å²) >= 11 is 1.76. The fourth-order valence-corrected chi connectivity index (χ4v) is 1.96. The minimum absolute atomic E-state index is 0.257. The molecule has 0 aliphatic heterocycles. The molecular formula is C12H19FN2OS. The van der Waals surface area contributed by atoms with Crippen LogP contribution < -0.4 is 15.4 Å². The highest BCUT2D eigenvalue weighted by atomic mass is 32.2. The van der Waals surface area contributed by atoms with Gasteiger partial charge in [0, 0.05) is 31.5 Å². The molecule has 0 saturated carbocycles. The zero-order valence-corrected chi connectivity index (χ0v) is 11.3. The summed E-state index contributed by atoms with van der Waals surface area (Å²) in [5.74, 6) is 0.844. The second-order valence-electron chi connectivity index (χ2n) is 3.69. The summed E-state index contributed by atoms with van der Waals surface area (Å²) in [7, 11) is 1.94. The highest BCUT2D eigenvalue weighted by Crippen LogP contribution is 2.30. The molecular weight excluding hydrogens is 239 g/mol. The van der Waals surface area contributed by atoms with Gasteiger partial charge in [-0.2, -0.15) is 11.8 Å². The molecule has 0 heterocycles. The maximum atomic E-state index is 13.5. The fourth-order valence-electron chi connectivity index (χ4n) is 1.50. The molecule has 0 atom stereocenters. The summed E-state index contributed by atoms with van der Waals surface area (Å²) in [5, 5.41) is 0. The lowest BCUT2D eigenvalue weighted by Gasteiger charge is -2.21. The SMILES string of the molecule is CCOc1cc(N(C)CCSC)c(N)cc1F. The van der Waals surface area contributed by atoms with E-state index in [4.69, 9.17) is 10.5 Å². The Hall–Kier alpha value is -1.10. The number of halogens is 1. The van der Waals surface area contributed by atoms with Crippen molar-refractivity contribution in [2.75, 3.05) is 42.8 Å². The van der Waals surface area contributed by atoms with Crippen LogP contribution in [0, 0.1) is 5.82 Å². The number of ether oxygens (including phenoxy) is 1. The molecule has 0 aliphatic rings. The number of nitrogens with two attached hydrogens (primary N) is 1. The van der Waals surface area contributed by atoms with Crippen LogP contribution in [-0.2, 0) is 0 Å². The molecule has 17 heavy (non-hydrogen) atoms. The maximum Gasteiger partial charge on any atom is 0.167 e. The first-order chi connectivity index (χ1) is 8.10. The van der Waals surface area contributed by atoms with Gasteiger partial charge in [-0.1, -0.05) is 0 Å². The average Bonchev–Trinajstić information content (AvgIpc) is 2.29. The van der Waals surface area contributed by atoms with Gasteiger partial charge in [0.1, 0.15) is 0 Å². The summed E-state index contributed by atoms with van der Waals surface area (Å²) < 4.78 is 18.7. The van der Waals surface area contributed by atoms with E-state index in [0.717, 1.165) is 18.0 Å². The average molecular weight is 258 g/mol. The van der Waals surface area contributed by atoms with E-state index in [1.54, 1.807) is 17.8 Å². The lowest BCUT2D eigenvalue weighted by molar-refractivity contribution is 0.322. The third kappa shape index (κ3) is 3.70. The smallest absolute Gasteiger partial charge is 0.167 e. The molecule has 0 bridgehead atoms. The molecule has 0 fully saturated rings. The van der Waals surface area contributed by atoms with Gasteiger partial charge >= 0.3 is 0 Å². The van der Waals surface area contributed by atoms with Crippen LogP contribution in [-0.4, -0.2) is 32.2 Å². The van der Waals surface area contributed by atoms with Crippen LogP contribution in [0.25, 0.3) is 0 Å². The molecule has 1 aromatic rings. The summed E-state index contributed by atoms with van der Waals surface area (Å²) in [4.78, 5) is 2.01. The molecule has 0 amide bonds. The van der Waals surface area contributed by atoms with Crippen LogP contribution in [0.4, 0.5) is 15.8 Å². The minimum atomic E-state index is -0.411. The molecule has 0 aromatic heterocycles. The maximum absolute atomic E-state index is 13.5. The van der Waals surface area contributed by atoms with E-state index in [1.807, 2.05) is 25.1 Å². The molecule has 96 valence electrons. The van der Waals surface area contributed by atoms with Gasteiger partial charge < -0.3 is 15.4 Å². The second kappa shape index (κ2) is 6.59. The van der Waals surface area contributed by atoms with Crippen LogP contribution in [0.15, 0.2) is 12.1 Å². The van der Waals surface area contributed by atoms with Crippen molar-refractivity contribution in [3.8, 4) is 5.75 Å². The molecule has 0 spiro atoms. The molecule has 3 nitrogen and oxygen atoms in total. The van der Waals surface area contributed by atoms with E-state index in [1.165, 1.54) is 6.07 Å². The van der Waals surface area contributed by atoms with E-state index in [0.29, 0.717) is 12.3 Å². The van der Waals surface area contributed by atoms with Gasteiger partial charge in [0.2, 0.25) is 0 Å². The molecule has 0 unspecified atom stereocenters. The Morgan fingerprint density at radius 3 is 2.76 bits per heavy atom. The molecule has 0 radical (unpaired) electrons. The summed E-state index contributed by atoms with van der Waals surface area (Å²) in [5.41, 5.74) is 7.06. The van der Waals surface area contributed by atoms with Gasteiger partial charge in [0.05, 0.1) is 18.0 Å². The predicted molar refractivity (Wildman–Crippen MR) is 73.6 cm³/mol. The van der Waals surface area contributed by atoms with Crippen molar-refractivity contribution in [2.24, 2.45) is 0 Å². The first-order valence-corrected chi connectivity index (χ1v) is 6.91. The first kappa shape index (κ1) is 14.0. The largest absolute Gasteiger partial charge is 0.491 e. The van der Waals surface area contributed by atoms with Crippen molar-refractivity contribution >= 4 is 23.1 Å². The van der Waals surface area contributed by atoms with Crippen LogP contribution in [0.1, 0.15) is 6.92 Å². The van der Waals surface area contributed by atoms with E-state index >= 15 is 0 Å². The van der Waals surface area contributed by atoms with Gasteiger partial charge in [0.15, 0.2) is 11.6 Å². The molecule has 2 N–H and O–H groups in total. The molecule has 1 aromatic carbocycles. The zero-order valence-electron chi connectivity index (χ0n) is 10.5. The Bertz CT molecular complexity index is 374. The second-order valence-corrected chi connectivity index (χ2v) is 4.67. The van der Waals surface area contributed by atoms with Crippen LogP contribution in [0.3, 0.4) is 0 Å². The quantitative estimate of drug-likeness (QED) is 0.796. The minimum Gasteiger partial charge on any atom is -0.491 e. The lowest BCUT2D eigenvalue weighted by atomic mass is 10.2. The Morgan fingerprint density at radius 1 is 1.47 bits per heavy atom. The van der Waals surface area contributed by atoms with Crippen molar-refractivity contribution in [2.45, 2.75) is 6.92 Å². The number of hydrogen-bond donors (Lipinski definition) is 1. The van der Waals surface area contributed by atoms with Crippen molar-refractivity contribution in [3.05, 3.63) is 17.9 Å². The Balaban J connectivity index is 2.93. The number of benzene rings is 1. The Morgan fingerprint density at radius 2 is 2.18 bits per heavy atom. The summed E-state index contributed by atoms with van der Waals surface area (Å²) in [6, 6.07) is 2.98. The first-order valence-electron chi connectivity index (χ1n) is 5.52. The van der Waals surface area contributed by atoms with Crippen molar-refractivity contribution in [1.82, 2.24) is 0 Å². The standard InChI is InChI=1S/C12H19FN2OS/c1-4-16-12-8-11(10(14)7-9(12)13)15(2)5-6-17-3/h7-8H,4-6,14H2,1-3H3. The van der Waals surface area contributed by atoms with E-state index in [9.17, 15) is 4.39 Å². The van der Waals surface area contributed by atoms with Gasteiger partial charge in [-0.25, -0.2) is 4.39 Å². The topological polar surface area (TPSA) is 38.5 Å². The van der Waals surface area contributed by atoms with Crippen LogP contribution in [0.5, 0.6) is 5.75 Å². The van der Waals surface area contributed by atoms with Gasteiger partial charge in [0.25, 0.3) is 0 Å². The molecule has 1 rings (SSSR count). The number of nitrogen functional groups attached to an aromatic ring is 1. The van der Waals surface area contributed by atoms with Crippen LogP contribution in [0.2, 0.25) is 0 Å². The highest BCUT2D eigenvalue weighted by Gasteiger charge is 2.11. The Labute approximate surface area is 106 Å². The molecule has 0 saturated heterocycles. The number of rotatable bonds is 6. The van der Waals surface area contributed by atoms with Gasteiger partial charge in [-0.15, -0.1) is 0 Å². The number of anilines is 2. The third-order valence-electron chi connectivity index (χ3n) is 2.42. The number of hydrogen-bond acceptors (Lipinski definition) is 4. The van der Waals surface area contributed by atoms with Crippen LogP contribution >= 0.6 is 11.8 Å². The molecule has 5 heteroatoms. The van der Waals surface area contributed by atoms with Gasteiger partial charge in [-0.3, -0.25) is 0 Å². The summed E-state index contributed by atoms with van der Waals surface area (Å²) in [6.45, 7) is 3.13. The third-order valence-corrected chi connectivity index (χ3v) is 3.01. The van der Waals surface area contributed by atoms with E-state index in [-0.39, 0.29) is 5.75 Å². The van der Waals surface area contributed by atoms with Crippen molar-refractivity contribution in [1.29, 1.82) is 0 Å². The summed E-state index contributed by atoms with van der Waals surface area (Å²) in [6.07, 6.45) is 2.05. The van der Waals surface area contributed by atoms with Gasteiger partial charge in [-0.05, 0) is 13.2 Å². The Kier molecular flexibility index (Phi) is 5.41. The normalized spacial score (nSPS) is 10.4. The number of thioether (sulfide) groups is 1. The predicted octanol–water partition coefficient (Wildman–Crippen LogP) is 2.61. The zero-order chi connectivity index (χ0) is 12.8. The molecule has 0 aliphatic carbocycles.